The van der Waals surface area contributed by atoms with Crippen LogP contribution in [0.15, 0.2) is 65.0 Å². The molecule has 11 heteroatoms. The fourth-order valence-corrected chi connectivity index (χ4v) is 3.27. The molecular weight excluding hydrogens is 427 g/mol. The van der Waals surface area contributed by atoms with Crippen molar-refractivity contribution in [1.29, 1.82) is 0 Å². The van der Waals surface area contributed by atoms with Gasteiger partial charge in [0.05, 0.1) is 10.4 Å². The standard InChI is InChI=1S/C18H12F3N3O3S2/c19-18(20,21)11-6-7-22-15(9-11)27-12-3-1-4-13(10-12)29-24-17(26)23-16(25)14-5-2-8-28-14/h1-10H,(H2,23,24,25,26). The summed E-state index contributed by atoms with van der Waals surface area (Å²) in [5.74, 6) is -0.501. The Bertz CT molecular complexity index is 1010. The number of hydrogen-bond donors (Lipinski definition) is 2. The quantitative estimate of drug-likeness (QED) is 0.541. The van der Waals surface area contributed by atoms with Gasteiger partial charge >= 0.3 is 12.2 Å². The van der Waals surface area contributed by atoms with Crippen LogP contribution < -0.4 is 14.8 Å². The van der Waals surface area contributed by atoms with Crippen LogP contribution in [-0.2, 0) is 6.18 Å². The topological polar surface area (TPSA) is 80.3 Å². The number of carbonyl (C=O) groups is 2. The number of benzene rings is 1. The van der Waals surface area contributed by atoms with Gasteiger partial charge in [-0.15, -0.1) is 11.3 Å². The smallest absolute Gasteiger partial charge is 0.416 e. The molecule has 3 aromatic rings. The largest absolute Gasteiger partial charge is 0.439 e. The summed E-state index contributed by atoms with van der Waals surface area (Å²) in [5.41, 5.74) is -0.873. The number of nitrogens with one attached hydrogen (secondary N) is 2. The Morgan fingerprint density at radius 2 is 1.93 bits per heavy atom. The first-order valence-corrected chi connectivity index (χ1v) is 9.64. The van der Waals surface area contributed by atoms with Crippen molar-refractivity contribution in [3.8, 4) is 11.6 Å². The van der Waals surface area contributed by atoms with E-state index in [4.69, 9.17) is 4.74 Å². The summed E-state index contributed by atoms with van der Waals surface area (Å²) in [6.45, 7) is 0. The molecule has 0 atom stereocenters. The number of rotatable bonds is 5. The molecule has 2 N–H and O–H groups in total. The number of imide groups is 1. The van der Waals surface area contributed by atoms with Crippen LogP contribution in [0.2, 0.25) is 0 Å². The first-order chi connectivity index (χ1) is 13.8. The van der Waals surface area contributed by atoms with Crippen molar-refractivity contribution in [3.63, 3.8) is 0 Å². The molecule has 0 aliphatic rings. The number of hydrogen-bond acceptors (Lipinski definition) is 6. The molecule has 1 aromatic carbocycles. The normalized spacial score (nSPS) is 11.0. The van der Waals surface area contributed by atoms with Crippen LogP contribution in [0.1, 0.15) is 15.2 Å². The number of aromatic nitrogens is 1. The highest BCUT2D eigenvalue weighted by Crippen LogP contribution is 2.32. The van der Waals surface area contributed by atoms with Crippen LogP contribution >= 0.6 is 23.3 Å². The van der Waals surface area contributed by atoms with Gasteiger partial charge < -0.3 is 4.74 Å². The third kappa shape index (κ3) is 5.96. The van der Waals surface area contributed by atoms with Crippen molar-refractivity contribution in [2.45, 2.75) is 11.1 Å². The van der Waals surface area contributed by atoms with E-state index in [0.29, 0.717) is 9.77 Å². The molecule has 0 spiro atoms. The van der Waals surface area contributed by atoms with Crippen LogP contribution in [0.3, 0.4) is 0 Å². The van der Waals surface area contributed by atoms with E-state index < -0.39 is 23.7 Å². The highest BCUT2D eigenvalue weighted by molar-refractivity contribution is 7.98. The molecule has 2 aromatic heterocycles. The van der Waals surface area contributed by atoms with Crippen molar-refractivity contribution >= 4 is 35.2 Å². The minimum atomic E-state index is -4.50. The summed E-state index contributed by atoms with van der Waals surface area (Å²) >= 11 is 2.11. The Kier molecular flexibility index (Phi) is 6.39. The third-order valence-corrected chi connectivity index (χ3v) is 4.97. The molecule has 3 rings (SSSR count). The van der Waals surface area contributed by atoms with Gasteiger partial charge in [-0.05, 0) is 47.7 Å². The molecule has 0 aliphatic heterocycles. The number of halogens is 3. The number of thiophene rings is 1. The Balaban J connectivity index is 1.58. The van der Waals surface area contributed by atoms with E-state index >= 15 is 0 Å². The summed E-state index contributed by atoms with van der Waals surface area (Å²) in [5, 5.41) is 3.89. The maximum absolute atomic E-state index is 12.8. The van der Waals surface area contributed by atoms with E-state index in [1.807, 2.05) is 0 Å². The highest BCUT2D eigenvalue weighted by atomic mass is 32.2. The van der Waals surface area contributed by atoms with Gasteiger partial charge in [0.25, 0.3) is 5.91 Å². The molecule has 6 nitrogen and oxygen atoms in total. The number of nitrogens with zero attached hydrogens (tertiary/aromatic N) is 1. The van der Waals surface area contributed by atoms with Gasteiger partial charge in [0.2, 0.25) is 5.88 Å². The molecule has 0 radical (unpaired) electrons. The molecule has 2 heterocycles. The number of pyridine rings is 1. The summed E-state index contributed by atoms with van der Waals surface area (Å²) in [6.07, 6.45) is -3.50. The molecule has 0 unspecified atom stereocenters. The zero-order chi connectivity index (χ0) is 20.9. The van der Waals surface area contributed by atoms with E-state index in [1.54, 1.807) is 29.6 Å². The molecule has 150 valence electrons. The van der Waals surface area contributed by atoms with Gasteiger partial charge in [-0.2, -0.15) is 13.2 Å². The first kappa shape index (κ1) is 20.7. The average molecular weight is 439 g/mol. The summed E-state index contributed by atoms with van der Waals surface area (Å²) in [7, 11) is 0. The lowest BCUT2D eigenvalue weighted by Crippen LogP contribution is -2.35. The Morgan fingerprint density at radius 3 is 2.66 bits per heavy atom. The van der Waals surface area contributed by atoms with E-state index in [1.165, 1.54) is 23.5 Å². The van der Waals surface area contributed by atoms with Crippen molar-refractivity contribution in [2.75, 3.05) is 0 Å². The molecular formula is C18H12F3N3O3S2. The summed E-state index contributed by atoms with van der Waals surface area (Å²) in [6, 6.07) is 10.5. The minimum Gasteiger partial charge on any atom is -0.439 e. The van der Waals surface area contributed by atoms with Crippen LogP contribution in [0.5, 0.6) is 11.6 Å². The first-order valence-electron chi connectivity index (χ1n) is 7.94. The lowest BCUT2D eigenvalue weighted by Gasteiger charge is -2.10. The van der Waals surface area contributed by atoms with Crippen molar-refractivity contribution in [2.24, 2.45) is 0 Å². The maximum Gasteiger partial charge on any atom is 0.416 e. The fourth-order valence-electron chi connectivity index (χ4n) is 2.07. The lowest BCUT2D eigenvalue weighted by molar-refractivity contribution is -0.137. The molecule has 0 fully saturated rings. The van der Waals surface area contributed by atoms with Gasteiger partial charge in [0.1, 0.15) is 5.75 Å². The second-order valence-electron chi connectivity index (χ2n) is 5.42. The van der Waals surface area contributed by atoms with Crippen molar-refractivity contribution in [3.05, 3.63) is 70.5 Å². The van der Waals surface area contributed by atoms with E-state index in [-0.39, 0.29) is 11.6 Å². The Hall–Kier alpha value is -3.05. The van der Waals surface area contributed by atoms with Gasteiger partial charge in [-0.1, -0.05) is 12.1 Å². The monoisotopic (exact) mass is 439 g/mol. The Morgan fingerprint density at radius 1 is 1.10 bits per heavy atom. The van der Waals surface area contributed by atoms with E-state index in [2.05, 4.69) is 15.0 Å². The SMILES string of the molecule is O=C(NSc1cccc(Oc2cc(C(F)(F)F)ccn2)c1)NC(=O)c1cccs1. The predicted octanol–water partition coefficient (Wildman–Crippen LogP) is 5.10. The number of ether oxygens (including phenoxy) is 1. The minimum absolute atomic E-state index is 0.214. The number of carbonyl (C=O) groups excluding carboxylic acids is 2. The lowest BCUT2D eigenvalue weighted by atomic mass is 10.2. The zero-order valence-corrected chi connectivity index (χ0v) is 16.0. The van der Waals surface area contributed by atoms with Crippen molar-refractivity contribution < 1.29 is 27.5 Å². The molecule has 0 aliphatic carbocycles. The zero-order valence-electron chi connectivity index (χ0n) is 14.4. The predicted molar refractivity (Wildman–Crippen MR) is 102 cm³/mol. The van der Waals surface area contributed by atoms with Crippen LogP contribution in [-0.4, -0.2) is 16.9 Å². The summed E-state index contributed by atoms with van der Waals surface area (Å²) in [4.78, 5) is 28.3. The maximum atomic E-state index is 12.8. The van der Waals surface area contributed by atoms with Crippen LogP contribution in [0.4, 0.5) is 18.0 Å². The molecule has 0 saturated heterocycles. The van der Waals surface area contributed by atoms with Gasteiger partial charge in [0.15, 0.2) is 0 Å². The van der Waals surface area contributed by atoms with Crippen molar-refractivity contribution in [1.82, 2.24) is 15.0 Å². The second-order valence-corrected chi connectivity index (χ2v) is 7.25. The number of alkyl halides is 3. The number of urea groups is 1. The molecule has 0 bridgehead atoms. The molecule has 29 heavy (non-hydrogen) atoms. The average Bonchev–Trinajstić information content (AvgIpc) is 3.21. The van der Waals surface area contributed by atoms with E-state index in [9.17, 15) is 22.8 Å². The third-order valence-electron chi connectivity index (χ3n) is 3.32. The van der Waals surface area contributed by atoms with Gasteiger partial charge in [0, 0.05) is 17.2 Å². The van der Waals surface area contributed by atoms with Crippen LogP contribution in [0, 0.1) is 0 Å². The summed E-state index contributed by atoms with van der Waals surface area (Å²) < 4.78 is 46.1. The molecule has 0 saturated carbocycles. The second kappa shape index (κ2) is 8.97. The Labute approximate surface area is 171 Å². The van der Waals surface area contributed by atoms with Gasteiger partial charge in [-0.3, -0.25) is 14.8 Å². The highest BCUT2D eigenvalue weighted by Gasteiger charge is 2.31. The van der Waals surface area contributed by atoms with E-state index in [0.717, 1.165) is 30.3 Å². The number of amides is 3. The van der Waals surface area contributed by atoms with Crippen LogP contribution in [0.25, 0.3) is 0 Å². The van der Waals surface area contributed by atoms with Gasteiger partial charge in [-0.25, -0.2) is 9.78 Å². The molecule has 3 amide bonds. The fraction of sp³-hybridized carbons (Fsp3) is 0.0556.